The zero-order chi connectivity index (χ0) is 17.7. The minimum atomic E-state index is -1.36. The van der Waals surface area contributed by atoms with E-state index in [1.54, 1.807) is 6.07 Å². The highest BCUT2D eigenvalue weighted by atomic mass is 32.2. The Morgan fingerprint density at radius 1 is 1.38 bits per heavy atom. The van der Waals surface area contributed by atoms with E-state index in [2.05, 4.69) is 19.2 Å². The number of amides is 1. The monoisotopic (exact) mass is 355 g/mol. The Morgan fingerprint density at radius 2 is 2.12 bits per heavy atom. The summed E-state index contributed by atoms with van der Waals surface area (Å²) in [6.45, 7) is 4.37. The molecular formula is C18H26FNO3S. The molecule has 6 heteroatoms. The Hall–Kier alpha value is -1.43. The predicted octanol–water partition coefficient (Wildman–Crippen LogP) is 3.02. The van der Waals surface area contributed by atoms with Crippen LogP contribution < -0.4 is 10.1 Å². The van der Waals surface area contributed by atoms with Crippen LogP contribution in [0.2, 0.25) is 0 Å². The first-order valence-corrected chi connectivity index (χ1v) is 9.86. The van der Waals surface area contributed by atoms with Crippen molar-refractivity contribution < 1.29 is 18.1 Å². The summed E-state index contributed by atoms with van der Waals surface area (Å²) in [5.41, 5.74) is 0.596. The number of methoxy groups -OCH3 is 1. The minimum Gasteiger partial charge on any atom is -0.494 e. The van der Waals surface area contributed by atoms with Gasteiger partial charge in [0.05, 0.1) is 7.11 Å². The van der Waals surface area contributed by atoms with Gasteiger partial charge in [0, 0.05) is 22.6 Å². The molecule has 134 valence electrons. The highest BCUT2D eigenvalue weighted by Crippen LogP contribution is 2.29. The number of carbonyl (C=O) groups is 1. The van der Waals surface area contributed by atoms with E-state index >= 15 is 0 Å². The highest BCUT2D eigenvalue weighted by molar-refractivity contribution is 7.84. The molecule has 1 aromatic rings. The van der Waals surface area contributed by atoms with Gasteiger partial charge in [-0.1, -0.05) is 32.8 Å². The van der Waals surface area contributed by atoms with Gasteiger partial charge >= 0.3 is 0 Å². The summed E-state index contributed by atoms with van der Waals surface area (Å²) >= 11 is 0. The lowest BCUT2D eigenvalue weighted by molar-refractivity contribution is -0.120. The summed E-state index contributed by atoms with van der Waals surface area (Å²) < 4.78 is 30.7. The molecule has 2 rings (SSSR count). The fourth-order valence-corrected chi connectivity index (χ4v) is 4.25. The third-order valence-electron chi connectivity index (χ3n) is 4.89. The Bertz CT molecular complexity index is 608. The van der Waals surface area contributed by atoms with Crippen LogP contribution in [0.3, 0.4) is 0 Å². The number of nitrogens with one attached hydrogen (secondary N) is 1. The van der Waals surface area contributed by atoms with Crippen molar-refractivity contribution in [2.75, 3.05) is 12.9 Å². The van der Waals surface area contributed by atoms with Crippen LogP contribution in [0.1, 0.15) is 38.7 Å². The van der Waals surface area contributed by atoms with Crippen molar-refractivity contribution in [1.82, 2.24) is 5.32 Å². The normalized spacial score (nSPS) is 25.1. The van der Waals surface area contributed by atoms with Gasteiger partial charge in [0.2, 0.25) is 5.91 Å². The predicted molar refractivity (Wildman–Crippen MR) is 93.8 cm³/mol. The molecule has 1 aromatic carbocycles. The van der Waals surface area contributed by atoms with Gasteiger partial charge in [-0.05, 0) is 36.0 Å². The number of carbonyl (C=O) groups excluding carboxylic acids is 1. The lowest BCUT2D eigenvalue weighted by Crippen LogP contribution is -2.45. The maximum absolute atomic E-state index is 13.6. The van der Waals surface area contributed by atoms with Crippen LogP contribution in [0.5, 0.6) is 5.75 Å². The molecule has 0 unspecified atom stereocenters. The third-order valence-corrected chi connectivity index (χ3v) is 6.13. The van der Waals surface area contributed by atoms with Gasteiger partial charge in [0.1, 0.15) is 5.75 Å². The Kier molecular flexibility index (Phi) is 6.78. The van der Waals surface area contributed by atoms with E-state index in [1.807, 2.05) is 0 Å². The maximum atomic E-state index is 13.6. The topological polar surface area (TPSA) is 55.4 Å². The molecule has 1 amide bonds. The summed E-state index contributed by atoms with van der Waals surface area (Å²) in [6.07, 6.45) is 3.29. The zero-order valence-corrected chi connectivity index (χ0v) is 15.3. The van der Waals surface area contributed by atoms with Crippen LogP contribution in [-0.4, -0.2) is 29.0 Å². The summed E-state index contributed by atoms with van der Waals surface area (Å²) in [5, 5.41) is 3.02. The van der Waals surface area contributed by atoms with E-state index < -0.39 is 16.6 Å². The average Bonchev–Trinajstić information content (AvgIpc) is 2.52. The molecule has 0 aliphatic heterocycles. The van der Waals surface area contributed by atoms with Crippen LogP contribution in [0.15, 0.2) is 18.2 Å². The maximum Gasteiger partial charge on any atom is 0.232 e. The quantitative estimate of drug-likeness (QED) is 0.853. The summed E-state index contributed by atoms with van der Waals surface area (Å²) in [6, 6.07) is 4.64. The SMILES string of the molecule is COc1ccc(C[S@](=O)CC(=O)N[C@@H]2CCC[C@H](C)[C@H]2C)cc1F. The summed E-state index contributed by atoms with van der Waals surface area (Å²) in [5.74, 6) is 0.622. The molecule has 1 aliphatic rings. The lowest BCUT2D eigenvalue weighted by Gasteiger charge is -2.34. The van der Waals surface area contributed by atoms with Crippen molar-refractivity contribution in [2.45, 2.75) is 44.9 Å². The van der Waals surface area contributed by atoms with E-state index in [0.717, 1.165) is 12.8 Å². The van der Waals surface area contributed by atoms with Crippen molar-refractivity contribution in [3.05, 3.63) is 29.6 Å². The van der Waals surface area contributed by atoms with E-state index in [9.17, 15) is 13.4 Å². The van der Waals surface area contributed by atoms with Gasteiger partial charge in [0.25, 0.3) is 0 Å². The first-order chi connectivity index (χ1) is 11.4. The Morgan fingerprint density at radius 3 is 2.79 bits per heavy atom. The molecule has 0 saturated heterocycles. The van der Waals surface area contributed by atoms with E-state index in [4.69, 9.17) is 4.74 Å². The number of hydrogen-bond acceptors (Lipinski definition) is 3. The molecule has 1 aliphatic carbocycles. The molecule has 1 fully saturated rings. The minimum absolute atomic E-state index is 0.0503. The Balaban J connectivity index is 1.85. The van der Waals surface area contributed by atoms with Gasteiger partial charge < -0.3 is 10.1 Å². The fourth-order valence-electron chi connectivity index (χ4n) is 3.22. The van der Waals surface area contributed by atoms with Crippen LogP contribution in [0, 0.1) is 17.7 Å². The number of ether oxygens (including phenoxy) is 1. The second kappa shape index (κ2) is 8.60. The number of halogens is 1. The van der Waals surface area contributed by atoms with Crippen LogP contribution >= 0.6 is 0 Å². The lowest BCUT2D eigenvalue weighted by atomic mass is 9.78. The standard InChI is InChI=1S/C18H26FNO3S/c1-12-5-4-6-16(13(12)2)20-18(21)11-24(22)10-14-7-8-17(23-3)15(19)9-14/h7-9,12-13,16H,4-6,10-11H2,1-3H3,(H,20,21)/t12-,13+,16+,24-/m0/s1. The van der Waals surface area contributed by atoms with Gasteiger partial charge in [0.15, 0.2) is 11.6 Å². The van der Waals surface area contributed by atoms with Crippen LogP contribution in [-0.2, 0) is 21.3 Å². The van der Waals surface area contributed by atoms with E-state index in [1.165, 1.54) is 25.7 Å². The van der Waals surface area contributed by atoms with Gasteiger partial charge in [-0.2, -0.15) is 0 Å². The number of benzene rings is 1. The van der Waals surface area contributed by atoms with Crippen molar-refractivity contribution in [3.63, 3.8) is 0 Å². The van der Waals surface area contributed by atoms with Crippen LogP contribution in [0.25, 0.3) is 0 Å². The second-order valence-electron chi connectivity index (χ2n) is 6.64. The van der Waals surface area contributed by atoms with Crippen LogP contribution in [0.4, 0.5) is 4.39 Å². The Labute approximate surface area is 145 Å². The molecule has 0 radical (unpaired) electrons. The van der Waals surface area contributed by atoms with Crippen molar-refractivity contribution >= 4 is 16.7 Å². The molecule has 1 saturated carbocycles. The largest absolute Gasteiger partial charge is 0.494 e. The molecule has 4 atom stereocenters. The summed E-state index contributed by atoms with van der Waals surface area (Å²) in [4.78, 5) is 12.1. The van der Waals surface area contributed by atoms with Gasteiger partial charge in [-0.15, -0.1) is 0 Å². The van der Waals surface area contributed by atoms with E-state index in [-0.39, 0.29) is 29.2 Å². The molecule has 0 aromatic heterocycles. The average molecular weight is 355 g/mol. The summed E-state index contributed by atoms with van der Waals surface area (Å²) in [7, 11) is 0.0348. The zero-order valence-electron chi connectivity index (χ0n) is 14.5. The van der Waals surface area contributed by atoms with Crippen molar-refractivity contribution in [3.8, 4) is 5.75 Å². The molecule has 0 spiro atoms. The first-order valence-electron chi connectivity index (χ1n) is 8.37. The van der Waals surface area contributed by atoms with Crippen molar-refractivity contribution in [1.29, 1.82) is 0 Å². The van der Waals surface area contributed by atoms with Crippen molar-refractivity contribution in [2.24, 2.45) is 11.8 Å². The highest BCUT2D eigenvalue weighted by Gasteiger charge is 2.28. The second-order valence-corrected chi connectivity index (χ2v) is 8.10. The molecule has 0 heterocycles. The molecule has 1 N–H and O–H groups in total. The number of rotatable bonds is 6. The molecular weight excluding hydrogens is 329 g/mol. The first kappa shape index (κ1) is 18.9. The molecule has 0 bridgehead atoms. The van der Waals surface area contributed by atoms with Gasteiger partial charge in [-0.25, -0.2) is 4.39 Å². The third kappa shape index (κ3) is 5.03. The fraction of sp³-hybridized carbons (Fsp3) is 0.611. The van der Waals surface area contributed by atoms with E-state index in [0.29, 0.717) is 17.4 Å². The molecule has 4 nitrogen and oxygen atoms in total. The van der Waals surface area contributed by atoms with Gasteiger partial charge in [-0.3, -0.25) is 9.00 Å². The number of hydrogen-bond donors (Lipinski definition) is 1. The smallest absolute Gasteiger partial charge is 0.232 e. The molecule has 24 heavy (non-hydrogen) atoms.